The predicted molar refractivity (Wildman–Crippen MR) is 143 cm³/mol. The number of carbonyl (C=O) groups is 1. The number of hydrogen-bond donors (Lipinski definition) is 1. The Morgan fingerprint density at radius 3 is 1.59 bits per heavy atom. The molecule has 0 heterocycles. The molecule has 0 saturated carbocycles. The van der Waals surface area contributed by atoms with Gasteiger partial charge in [-0.2, -0.15) is 12.6 Å². The fourth-order valence-corrected chi connectivity index (χ4v) is 3.12. The number of ether oxygens (including phenoxy) is 2. The van der Waals surface area contributed by atoms with Gasteiger partial charge >= 0.3 is 0 Å². The molecule has 0 N–H and O–H groups in total. The zero-order valence-corrected chi connectivity index (χ0v) is 23.6. The summed E-state index contributed by atoms with van der Waals surface area (Å²) in [5.41, 5.74) is 0.916. The van der Waals surface area contributed by atoms with Crippen LogP contribution >= 0.6 is 12.6 Å². The highest BCUT2D eigenvalue weighted by molar-refractivity contribution is 7.81. The number of hydrogen-bond acceptors (Lipinski definition) is 4. The standard InChI is InChI=1S/C28H52O3S/c1-22(2)23(3)18-14-12-16-20-30-26(6,7)25(4,5)24(29)19-15-13-17-21-31-27(8,9)28(10,11)32/h32H,1,3,12-21H2,2,4-11H3. The quantitative estimate of drug-likeness (QED) is 0.125. The first-order chi connectivity index (χ1) is 14.5. The van der Waals surface area contributed by atoms with Crippen molar-refractivity contribution < 1.29 is 14.3 Å². The second-order valence-corrected chi connectivity index (χ2v) is 12.4. The van der Waals surface area contributed by atoms with E-state index in [1.54, 1.807) is 0 Å². The van der Waals surface area contributed by atoms with Crippen LogP contribution in [0.25, 0.3) is 0 Å². The van der Waals surface area contributed by atoms with E-state index < -0.39 is 11.0 Å². The van der Waals surface area contributed by atoms with E-state index in [0.29, 0.717) is 19.6 Å². The average molecular weight is 469 g/mol. The molecule has 0 fully saturated rings. The molecule has 0 radical (unpaired) electrons. The van der Waals surface area contributed by atoms with Gasteiger partial charge in [0.15, 0.2) is 0 Å². The van der Waals surface area contributed by atoms with Crippen LogP contribution in [0.2, 0.25) is 0 Å². The molecule has 0 atom stereocenters. The highest BCUT2D eigenvalue weighted by atomic mass is 32.1. The van der Waals surface area contributed by atoms with Gasteiger partial charge in [0.2, 0.25) is 0 Å². The smallest absolute Gasteiger partial charge is 0.141 e. The number of rotatable bonds is 18. The highest BCUT2D eigenvalue weighted by Crippen LogP contribution is 2.36. The highest BCUT2D eigenvalue weighted by Gasteiger charge is 2.43. The minimum atomic E-state index is -0.518. The van der Waals surface area contributed by atoms with Crippen LogP contribution in [0.5, 0.6) is 0 Å². The molecule has 0 saturated heterocycles. The molecule has 0 aromatic rings. The number of allylic oxidation sites excluding steroid dienone is 2. The molecule has 0 unspecified atom stereocenters. The van der Waals surface area contributed by atoms with Crippen LogP contribution in [0.4, 0.5) is 0 Å². The summed E-state index contributed by atoms with van der Waals surface area (Å²) >= 11 is 4.63. The van der Waals surface area contributed by atoms with E-state index in [4.69, 9.17) is 9.47 Å². The van der Waals surface area contributed by atoms with Gasteiger partial charge in [-0.1, -0.05) is 51.0 Å². The first-order valence-electron chi connectivity index (χ1n) is 12.3. The van der Waals surface area contributed by atoms with E-state index in [2.05, 4.69) is 53.5 Å². The van der Waals surface area contributed by atoms with E-state index in [1.165, 1.54) is 0 Å². The number of carbonyl (C=O) groups excluding carboxylic acids is 1. The van der Waals surface area contributed by atoms with Crippen molar-refractivity contribution in [2.24, 2.45) is 5.41 Å². The Morgan fingerprint density at radius 1 is 0.719 bits per heavy atom. The molecular weight excluding hydrogens is 416 g/mol. The molecule has 0 spiro atoms. The zero-order valence-electron chi connectivity index (χ0n) is 22.7. The van der Waals surface area contributed by atoms with Gasteiger partial charge in [0, 0.05) is 24.4 Å². The van der Waals surface area contributed by atoms with Crippen molar-refractivity contribution in [2.75, 3.05) is 13.2 Å². The Kier molecular flexibility index (Phi) is 13.1. The molecule has 0 aliphatic heterocycles. The fraction of sp³-hybridized carbons (Fsp3) is 0.821. The average Bonchev–Trinajstić information content (AvgIpc) is 2.65. The summed E-state index contributed by atoms with van der Waals surface area (Å²) < 4.78 is 12.0. The molecule has 32 heavy (non-hydrogen) atoms. The molecular formula is C28H52O3S. The van der Waals surface area contributed by atoms with E-state index in [0.717, 1.165) is 56.1 Å². The van der Waals surface area contributed by atoms with Crippen molar-refractivity contribution in [1.29, 1.82) is 0 Å². The largest absolute Gasteiger partial charge is 0.375 e. The maximum Gasteiger partial charge on any atom is 0.141 e. The summed E-state index contributed by atoms with van der Waals surface area (Å²) in [5, 5.41) is 0. The minimum Gasteiger partial charge on any atom is -0.375 e. The molecule has 0 rings (SSSR count). The summed E-state index contributed by atoms with van der Waals surface area (Å²) in [7, 11) is 0. The number of thiol groups is 1. The van der Waals surface area contributed by atoms with Crippen molar-refractivity contribution in [3.63, 3.8) is 0 Å². The van der Waals surface area contributed by atoms with Gasteiger partial charge in [0.05, 0.1) is 16.6 Å². The Bertz CT molecular complexity index is 609. The van der Waals surface area contributed by atoms with Gasteiger partial charge in [-0.05, 0) is 80.6 Å². The van der Waals surface area contributed by atoms with Crippen molar-refractivity contribution in [3.8, 4) is 0 Å². The monoisotopic (exact) mass is 468 g/mol. The zero-order chi connectivity index (χ0) is 25.2. The van der Waals surface area contributed by atoms with E-state index in [1.807, 2.05) is 34.6 Å². The number of unbranched alkanes of at least 4 members (excludes halogenated alkanes) is 4. The minimum absolute atomic E-state index is 0.197. The SMILES string of the molecule is C=C(C)C(=C)CCCCCOC(C)(C)C(C)(C)C(=O)CCCCCOC(C)(C)C(C)(C)S. The maximum atomic E-state index is 13.0. The van der Waals surface area contributed by atoms with Crippen LogP contribution in [0.3, 0.4) is 0 Å². The lowest BCUT2D eigenvalue weighted by Gasteiger charge is -2.40. The molecule has 4 heteroatoms. The van der Waals surface area contributed by atoms with Gasteiger partial charge < -0.3 is 9.47 Å². The summed E-state index contributed by atoms with van der Waals surface area (Å²) in [6.45, 7) is 27.8. The Morgan fingerprint density at radius 2 is 1.16 bits per heavy atom. The molecule has 0 aliphatic carbocycles. The fourth-order valence-electron chi connectivity index (χ4n) is 3.05. The van der Waals surface area contributed by atoms with Gasteiger partial charge in [-0.3, -0.25) is 4.79 Å². The van der Waals surface area contributed by atoms with Crippen LogP contribution < -0.4 is 0 Å². The lowest BCUT2D eigenvalue weighted by Crippen LogP contribution is -2.47. The van der Waals surface area contributed by atoms with Crippen molar-refractivity contribution in [2.45, 2.75) is 130 Å². The van der Waals surface area contributed by atoms with E-state index >= 15 is 0 Å². The number of ketones is 1. The first-order valence-corrected chi connectivity index (χ1v) is 12.8. The lowest BCUT2D eigenvalue weighted by molar-refractivity contribution is -0.149. The van der Waals surface area contributed by atoms with Gasteiger partial charge in [-0.15, -0.1) is 0 Å². The Hall–Kier alpha value is -0.580. The topological polar surface area (TPSA) is 35.5 Å². The van der Waals surface area contributed by atoms with E-state index in [-0.39, 0.29) is 16.1 Å². The van der Waals surface area contributed by atoms with Crippen LogP contribution in [-0.4, -0.2) is 34.9 Å². The third kappa shape index (κ3) is 10.6. The molecule has 3 nitrogen and oxygen atoms in total. The van der Waals surface area contributed by atoms with Crippen LogP contribution in [0.15, 0.2) is 24.3 Å². The summed E-state index contributed by atoms with van der Waals surface area (Å²) in [4.78, 5) is 13.0. The van der Waals surface area contributed by atoms with Gasteiger partial charge in [0.1, 0.15) is 5.78 Å². The maximum absolute atomic E-state index is 13.0. The summed E-state index contributed by atoms with van der Waals surface area (Å²) in [5.74, 6) is 0.276. The predicted octanol–water partition coefficient (Wildman–Crippen LogP) is 8.13. The van der Waals surface area contributed by atoms with Gasteiger partial charge in [0.25, 0.3) is 0 Å². The van der Waals surface area contributed by atoms with Crippen molar-refractivity contribution in [1.82, 2.24) is 0 Å². The molecule has 0 aliphatic rings. The van der Waals surface area contributed by atoms with E-state index in [9.17, 15) is 4.79 Å². The van der Waals surface area contributed by atoms with Crippen LogP contribution in [-0.2, 0) is 14.3 Å². The van der Waals surface area contributed by atoms with Crippen molar-refractivity contribution in [3.05, 3.63) is 24.3 Å². The van der Waals surface area contributed by atoms with Crippen LogP contribution in [0, 0.1) is 5.41 Å². The van der Waals surface area contributed by atoms with Gasteiger partial charge in [-0.25, -0.2) is 0 Å². The second kappa shape index (κ2) is 13.3. The third-order valence-corrected chi connectivity index (χ3v) is 7.91. The Balaban J connectivity index is 4.26. The normalized spacial score (nSPS) is 13.3. The van der Waals surface area contributed by atoms with Crippen LogP contribution in [0.1, 0.15) is 114 Å². The molecule has 0 aromatic carbocycles. The molecule has 0 bridgehead atoms. The molecule has 0 amide bonds. The summed E-state index contributed by atoms with van der Waals surface area (Å²) in [6.07, 6.45) is 7.61. The first kappa shape index (κ1) is 31.4. The molecule has 188 valence electrons. The number of Topliss-reactive ketones (excluding diaryl/α,β-unsaturated/α-hetero) is 1. The Labute approximate surface area is 205 Å². The second-order valence-electron chi connectivity index (χ2n) is 11.3. The lowest BCUT2D eigenvalue weighted by atomic mass is 9.72. The third-order valence-electron chi connectivity index (χ3n) is 7.38. The van der Waals surface area contributed by atoms with Crippen molar-refractivity contribution >= 4 is 18.4 Å². The molecule has 0 aromatic heterocycles. The summed E-state index contributed by atoms with van der Waals surface area (Å²) in [6, 6.07) is 0.